The lowest BCUT2D eigenvalue weighted by atomic mass is 10.1. The van der Waals surface area contributed by atoms with Crippen molar-refractivity contribution in [3.63, 3.8) is 0 Å². The third-order valence-electron chi connectivity index (χ3n) is 5.44. The molecule has 0 radical (unpaired) electrons. The molecule has 2 atom stereocenters. The number of hydrogen-bond acceptors (Lipinski definition) is 7. The Bertz CT molecular complexity index is 1060. The van der Waals surface area contributed by atoms with E-state index < -0.39 is 0 Å². The van der Waals surface area contributed by atoms with E-state index in [1.165, 1.54) is 0 Å². The number of amides is 1. The average Bonchev–Trinajstić information content (AvgIpc) is 3.08. The maximum absolute atomic E-state index is 12.8. The minimum atomic E-state index is -0.264. The number of anilines is 2. The summed E-state index contributed by atoms with van der Waals surface area (Å²) < 4.78 is 7.46. The molecular formula is C22H29N7O2. The van der Waals surface area contributed by atoms with Crippen LogP contribution in [0.3, 0.4) is 0 Å². The van der Waals surface area contributed by atoms with Gasteiger partial charge in [-0.05, 0) is 51.5 Å². The third kappa shape index (κ3) is 4.46. The van der Waals surface area contributed by atoms with Gasteiger partial charge in [-0.1, -0.05) is 6.92 Å². The maximum atomic E-state index is 12.8. The molecule has 0 saturated carbocycles. The lowest BCUT2D eigenvalue weighted by Gasteiger charge is -2.37. The predicted molar refractivity (Wildman–Crippen MR) is 120 cm³/mol. The first-order chi connectivity index (χ1) is 15.0. The average molecular weight is 424 g/mol. The molecule has 9 heteroatoms. The normalized spacial score (nSPS) is 18.9. The Morgan fingerprint density at radius 2 is 2.06 bits per heavy atom. The summed E-state index contributed by atoms with van der Waals surface area (Å²) in [7, 11) is 0. The number of nitrogens with zero attached hydrogens (tertiary/aromatic N) is 5. The summed E-state index contributed by atoms with van der Waals surface area (Å²) in [5.74, 6) is 1.61. The van der Waals surface area contributed by atoms with Crippen molar-refractivity contribution in [1.82, 2.24) is 24.9 Å². The summed E-state index contributed by atoms with van der Waals surface area (Å²) in [6, 6.07) is 8.07. The van der Waals surface area contributed by atoms with Crippen LogP contribution in [0, 0.1) is 6.92 Å². The second kappa shape index (κ2) is 8.89. The van der Waals surface area contributed by atoms with E-state index in [2.05, 4.69) is 44.6 Å². The Balaban J connectivity index is 1.48. The first-order valence-electron chi connectivity index (χ1n) is 10.8. The minimum absolute atomic E-state index is 0.264. The van der Waals surface area contributed by atoms with E-state index in [1.54, 1.807) is 28.8 Å². The first-order valence-corrected chi connectivity index (χ1v) is 10.8. The molecule has 0 aliphatic carbocycles. The molecule has 164 valence electrons. The van der Waals surface area contributed by atoms with Gasteiger partial charge in [0.25, 0.3) is 5.91 Å². The van der Waals surface area contributed by atoms with Gasteiger partial charge in [-0.2, -0.15) is 0 Å². The number of carbonyl (C=O) groups excluding carboxylic acids is 1. The van der Waals surface area contributed by atoms with Crippen LogP contribution in [0.5, 0.6) is 5.88 Å². The van der Waals surface area contributed by atoms with Gasteiger partial charge in [0.15, 0.2) is 11.6 Å². The number of fused-ring (bicyclic) bond motifs is 1. The molecule has 1 aliphatic heterocycles. The molecule has 4 heterocycles. The van der Waals surface area contributed by atoms with Crippen molar-refractivity contribution in [1.29, 1.82) is 0 Å². The topological polar surface area (TPSA) is 96.7 Å². The molecule has 0 spiro atoms. The molecule has 1 saturated heterocycles. The largest absolute Gasteiger partial charge is 0.478 e. The van der Waals surface area contributed by atoms with E-state index in [-0.39, 0.29) is 5.91 Å². The van der Waals surface area contributed by atoms with Gasteiger partial charge in [0.05, 0.1) is 12.2 Å². The highest BCUT2D eigenvalue weighted by molar-refractivity contribution is 6.03. The number of ether oxygens (including phenoxy) is 1. The Hall–Kier alpha value is -3.20. The smallest absolute Gasteiger partial charge is 0.258 e. The Morgan fingerprint density at radius 3 is 2.77 bits per heavy atom. The van der Waals surface area contributed by atoms with E-state index in [4.69, 9.17) is 4.74 Å². The molecule has 1 aliphatic rings. The summed E-state index contributed by atoms with van der Waals surface area (Å²) in [6.07, 6.45) is 2.79. The fourth-order valence-electron chi connectivity index (χ4n) is 3.95. The third-order valence-corrected chi connectivity index (χ3v) is 5.44. The number of nitrogens with one attached hydrogen (secondary N) is 2. The quantitative estimate of drug-likeness (QED) is 0.629. The van der Waals surface area contributed by atoms with Crippen LogP contribution in [-0.2, 0) is 0 Å². The van der Waals surface area contributed by atoms with E-state index in [0.717, 1.165) is 36.7 Å². The van der Waals surface area contributed by atoms with Gasteiger partial charge < -0.3 is 20.3 Å². The van der Waals surface area contributed by atoms with Crippen LogP contribution in [0.2, 0.25) is 0 Å². The fraction of sp³-hybridized carbons (Fsp3) is 0.455. The zero-order chi connectivity index (χ0) is 22.0. The molecule has 4 rings (SSSR count). The van der Waals surface area contributed by atoms with Gasteiger partial charge in [0.2, 0.25) is 5.88 Å². The lowest BCUT2D eigenvalue weighted by Crippen LogP contribution is -2.55. The van der Waals surface area contributed by atoms with Crippen LogP contribution in [0.1, 0.15) is 43.2 Å². The molecule has 1 fully saturated rings. The molecule has 9 nitrogen and oxygen atoms in total. The number of imidazole rings is 1. The van der Waals surface area contributed by atoms with Gasteiger partial charge in [0, 0.05) is 31.4 Å². The standard InChI is InChI=1S/C22H29N7O2/c1-5-17-13-28(11-14(3)23-17)20-10-8-18(26-27-20)25-21(30)16-7-9-19-24-15(4)22(31-6-2)29(19)12-16/h7-10,12,14,17,23H,5-6,11,13H2,1-4H3,(H,25,26,30). The Labute approximate surface area is 181 Å². The van der Waals surface area contributed by atoms with Crippen molar-refractivity contribution in [2.75, 3.05) is 29.9 Å². The predicted octanol–water partition coefficient (Wildman–Crippen LogP) is 2.66. The van der Waals surface area contributed by atoms with Gasteiger partial charge in [-0.25, -0.2) is 4.98 Å². The van der Waals surface area contributed by atoms with Gasteiger partial charge in [0.1, 0.15) is 11.3 Å². The molecule has 0 bridgehead atoms. The number of pyridine rings is 1. The Kier molecular flexibility index (Phi) is 6.03. The molecule has 31 heavy (non-hydrogen) atoms. The van der Waals surface area contributed by atoms with Crippen molar-refractivity contribution in [2.45, 2.75) is 46.2 Å². The van der Waals surface area contributed by atoms with Gasteiger partial charge in [-0.15, -0.1) is 10.2 Å². The van der Waals surface area contributed by atoms with E-state index in [1.807, 2.05) is 19.9 Å². The van der Waals surface area contributed by atoms with Crippen molar-refractivity contribution in [3.8, 4) is 5.88 Å². The molecule has 0 aromatic carbocycles. The number of aryl methyl sites for hydroxylation is 1. The highest BCUT2D eigenvalue weighted by Gasteiger charge is 2.24. The second-order valence-corrected chi connectivity index (χ2v) is 7.89. The highest BCUT2D eigenvalue weighted by Crippen LogP contribution is 2.21. The van der Waals surface area contributed by atoms with Crippen LogP contribution < -0.4 is 20.3 Å². The van der Waals surface area contributed by atoms with Crippen molar-refractivity contribution in [2.24, 2.45) is 0 Å². The van der Waals surface area contributed by atoms with E-state index in [9.17, 15) is 4.79 Å². The zero-order valence-electron chi connectivity index (χ0n) is 18.4. The lowest BCUT2D eigenvalue weighted by molar-refractivity contribution is 0.102. The van der Waals surface area contributed by atoms with Crippen LogP contribution in [0.25, 0.3) is 5.65 Å². The van der Waals surface area contributed by atoms with E-state index >= 15 is 0 Å². The van der Waals surface area contributed by atoms with Crippen molar-refractivity contribution in [3.05, 3.63) is 41.7 Å². The molecule has 1 amide bonds. The second-order valence-electron chi connectivity index (χ2n) is 7.89. The molecular weight excluding hydrogens is 394 g/mol. The number of hydrogen-bond donors (Lipinski definition) is 2. The molecule has 3 aromatic rings. The summed E-state index contributed by atoms with van der Waals surface area (Å²) in [4.78, 5) is 19.5. The van der Waals surface area contributed by atoms with E-state index in [0.29, 0.717) is 36.0 Å². The van der Waals surface area contributed by atoms with Crippen molar-refractivity contribution < 1.29 is 9.53 Å². The van der Waals surface area contributed by atoms with Crippen LogP contribution >= 0.6 is 0 Å². The van der Waals surface area contributed by atoms with Gasteiger partial charge >= 0.3 is 0 Å². The highest BCUT2D eigenvalue weighted by atomic mass is 16.5. The monoisotopic (exact) mass is 423 g/mol. The summed E-state index contributed by atoms with van der Waals surface area (Å²) in [6.45, 7) is 10.5. The number of piperazine rings is 1. The molecule has 2 unspecified atom stereocenters. The van der Waals surface area contributed by atoms with Gasteiger partial charge in [-0.3, -0.25) is 9.20 Å². The summed E-state index contributed by atoms with van der Waals surface area (Å²) in [5.41, 5.74) is 2.00. The first kappa shape index (κ1) is 21.0. The van der Waals surface area contributed by atoms with Crippen molar-refractivity contribution >= 4 is 23.2 Å². The molecule has 2 N–H and O–H groups in total. The number of aromatic nitrogens is 4. The summed E-state index contributed by atoms with van der Waals surface area (Å²) in [5, 5.41) is 15.0. The summed E-state index contributed by atoms with van der Waals surface area (Å²) >= 11 is 0. The number of rotatable bonds is 6. The SMILES string of the molecule is CCOc1c(C)nc2ccc(C(=O)Nc3ccc(N4CC(C)NC(CC)C4)nn3)cn12. The number of carbonyl (C=O) groups is 1. The fourth-order valence-corrected chi connectivity index (χ4v) is 3.95. The molecule has 3 aromatic heterocycles. The minimum Gasteiger partial charge on any atom is -0.478 e. The maximum Gasteiger partial charge on any atom is 0.258 e. The zero-order valence-corrected chi connectivity index (χ0v) is 18.4. The van der Waals surface area contributed by atoms with Crippen LogP contribution in [0.4, 0.5) is 11.6 Å². The van der Waals surface area contributed by atoms with Crippen LogP contribution in [0.15, 0.2) is 30.5 Å². The Morgan fingerprint density at radius 1 is 1.23 bits per heavy atom. The van der Waals surface area contributed by atoms with Crippen LogP contribution in [-0.4, -0.2) is 57.3 Å².